The molecule has 2 rings (SSSR count). The highest BCUT2D eigenvalue weighted by Gasteiger charge is 1.92. The van der Waals surface area contributed by atoms with Crippen molar-refractivity contribution < 1.29 is 0 Å². The average Bonchev–Trinajstić information content (AvgIpc) is 2.73. The van der Waals surface area contributed by atoms with Crippen molar-refractivity contribution in [2.45, 2.75) is 0 Å². The molecule has 0 spiro atoms. The van der Waals surface area contributed by atoms with Crippen LogP contribution in [0.1, 0.15) is 0 Å². The average molecular weight is 350 g/mol. The van der Waals surface area contributed by atoms with E-state index in [2.05, 4.69) is 48.5 Å². The van der Waals surface area contributed by atoms with Crippen LogP contribution in [-0.4, -0.2) is 0 Å². The van der Waals surface area contributed by atoms with Gasteiger partial charge in [0.2, 0.25) is 0 Å². The number of hydrogen-bond donors (Lipinski definition) is 0. The smallest absolute Gasteiger partial charge is 0.153 e. The minimum atomic E-state index is -0.187. The molecule has 0 amide bonds. The van der Waals surface area contributed by atoms with Gasteiger partial charge >= 0.3 is 0 Å². The third-order valence-corrected chi connectivity index (χ3v) is 3.16. The van der Waals surface area contributed by atoms with E-state index >= 15 is 0 Å². The largest absolute Gasteiger partial charge is 0.192 e. The Balaban J connectivity index is 3.06. The number of nitrogens with zero attached hydrogens (tertiary/aromatic N) is 4. The fraction of sp³-hybridized carbons (Fsp3) is 0. The molecule has 28 heavy (non-hydrogen) atoms. The van der Waals surface area contributed by atoms with Gasteiger partial charge in [-0.25, -0.2) is 0 Å². The van der Waals surface area contributed by atoms with Crippen molar-refractivity contribution in [1.29, 1.82) is 21.0 Å². The van der Waals surface area contributed by atoms with Gasteiger partial charge in [0.25, 0.3) is 0 Å². The van der Waals surface area contributed by atoms with E-state index in [1.165, 1.54) is 12.1 Å². The summed E-state index contributed by atoms with van der Waals surface area (Å²) in [6.45, 7) is 0. The molecule has 0 bridgehead atoms. The van der Waals surface area contributed by atoms with E-state index in [1.807, 2.05) is 0 Å². The van der Waals surface area contributed by atoms with Crippen molar-refractivity contribution in [1.82, 2.24) is 0 Å². The quantitative estimate of drug-likeness (QED) is 0.725. The van der Waals surface area contributed by atoms with E-state index < -0.39 is 0 Å². The van der Waals surface area contributed by atoms with E-state index in [0.717, 1.165) is 0 Å². The molecule has 0 aliphatic heterocycles. The normalized spacial score (nSPS) is 7.43. The molecule has 4 nitrogen and oxygen atoms in total. The molecule has 4 heteroatoms. The van der Waals surface area contributed by atoms with Crippen LogP contribution in [0, 0.1) is 93.9 Å². The third-order valence-electron chi connectivity index (χ3n) is 3.16. The fourth-order valence-corrected chi connectivity index (χ4v) is 1.86. The van der Waals surface area contributed by atoms with Crippen LogP contribution in [-0.2, 0) is 0 Å². The second kappa shape index (κ2) is 9.82. The minimum absolute atomic E-state index is 0.0965. The van der Waals surface area contributed by atoms with Gasteiger partial charge < -0.3 is 0 Å². The highest BCUT2D eigenvalue weighted by Crippen LogP contribution is 2.04. The van der Waals surface area contributed by atoms with E-state index in [9.17, 15) is 0 Å². The molecule has 0 aromatic heterocycles. The van der Waals surface area contributed by atoms with Crippen molar-refractivity contribution in [2.75, 3.05) is 0 Å². The first-order valence-corrected chi connectivity index (χ1v) is 7.63. The Morgan fingerprint density at radius 2 is 0.964 bits per heavy atom. The molecule has 2 aromatic carbocycles. The topological polar surface area (TPSA) is 95.2 Å². The summed E-state index contributed by atoms with van der Waals surface area (Å²) in [5, 5.41) is 37.6. The van der Waals surface area contributed by atoms with Crippen LogP contribution in [0.5, 0.6) is 0 Å². The standard InChI is InChI=1S/C24H6N4/c25-15-23(16-26)21-7-3-1-2-4-8-22(24(17-27)18-28)14-12-20-10-6-5-9-19(20)11-13-21/h1-2,5-6,9-10H. The van der Waals surface area contributed by atoms with Gasteiger partial charge in [0.15, 0.2) is 11.1 Å². The lowest BCUT2D eigenvalue weighted by Crippen LogP contribution is -1.98. The van der Waals surface area contributed by atoms with Gasteiger partial charge in [-0.2, -0.15) is 21.0 Å². The molecule has 0 unspecified atom stereocenters. The molecule has 0 saturated carbocycles. The highest BCUT2D eigenvalue weighted by atomic mass is 14.3. The van der Waals surface area contributed by atoms with Crippen molar-refractivity contribution in [3.63, 3.8) is 0 Å². The molecule has 0 aliphatic carbocycles. The minimum Gasteiger partial charge on any atom is -0.192 e. The first-order valence-electron chi connectivity index (χ1n) is 7.63. The molecule has 0 aliphatic rings. The van der Waals surface area contributed by atoms with E-state index in [1.54, 1.807) is 48.5 Å². The summed E-state index contributed by atoms with van der Waals surface area (Å²) >= 11 is 0. The van der Waals surface area contributed by atoms with Crippen LogP contribution < -0.4 is 10.4 Å². The molecule has 0 heterocycles. The second-order valence-corrected chi connectivity index (χ2v) is 4.86. The first kappa shape index (κ1) is 19.0. The van der Waals surface area contributed by atoms with Crippen LogP contribution in [0.25, 0.3) is 21.9 Å². The van der Waals surface area contributed by atoms with Crippen molar-refractivity contribution in [3.05, 3.63) is 95.4 Å². The predicted octanol–water partition coefficient (Wildman–Crippen LogP) is 1.89. The number of rotatable bonds is 0. The summed E-state index contributed by atoms with van der Waals surface area (Å²) in [4.78, 5) is 0. The molecular formula is C24H6N4. The van der Waals surface area contributed by atoms with Crippen LogP contribution >= 0.6 is 0 Å². The summed E-state index contributed by atoms with van der Waals surface area (Å²) in [5.41, 5.74) is -0.374. The van der Waals surface area contributed by atoms with Crippen molar-refractivity contribution >= 4 is 21.9 Å². The van der Waals surface area contributed by atoms with Gasteiger partial charge in [-0.05, 0) is 24.3 Å². The first-order chi connectivity index (χ1) is 13.7. The molecule has 0 N–H and O–H groups in total. The summed E-state index contributed by atoms with van der Waals surface area (Å²) in [6, 6.07) is 38.8. The Hall–Kier alpha value is -5.36. The van der Waals surface area contributed by atoms with Gasteiger partial charge in [0.1, 0.15) is 34.7 Å². The van der Waals surface area contributed by atoms with E-state index in [0.29, 0.717) is 10.8 Å². The van der Waals surface area contributed by atoms with Crippen LogP contribution in [0.2, 0.25) is 0 Å². The summed E-state index contributed by atoms with van der Waals surface area (Å²) in [6.07, 6.45) is 0. The maximum absolute atomic E-state index is 9.09. The zero-order valence-corrected chi connectivity index (χ0v) is 14.3. The third kappa shape index (κ3) is 4.82. The number of nitriles is 4. The molecule has 122 valence electrons. The van der Waals surface area contributed by atoms with Crippen LogP contribution in [0.4, 0.5) is 0 Å². The number of benzene rings is 1. The maximum atomic E-state index is 9.09. The van der Waals surface area contributed by atoms with Gasteiger partial charge in [-0.3, -0.25) is 0 Å². The Bertz CT molecular complexity index is 1170. The molecule has 0 fully saturated rings. The summed E-state index contributed by atoms with van der Waals surface area (Å²) < 4.78 is 0. The van der Waals surface area contributed by atoms with Gasteiger partial charge in [0.05, 0.1) is 0 Å². The fourth-order valence-electron chi connectivity index (χ4n) is 1.86. The van der Waals surface area contributed by atoms with E-state index in [-0.39, 0.29) is 21.6 Å². The van der Waals surface area contributed by atoms with Gasteiger partial charge in [-0.1, -0.05) is 60.7 Å². The zero-order valence-electron chi connectivity index (χ0n) is 14.3. The number of fused-ring (bicyclic) bond motifs is 1. The van der Waals surface area contributed by atoms with Crippen molar-refractivity contribution in [3.8, 4) is 24.3 Å². The summed E-state index contributed by atoms with van der Waals surface area (Å²) in [5.74, 6) is 0. The van der Waals surface area contributed by atoms with E-state index in [4.69, 9.17) is 21.0 Å². The van der Waals surface area contributed by atoms with Gasteiger partial charge in [-0.15, -0.1) is 0 Å². The molecule has 2 aromatic rings. The predicted molar refractivity (Wildman–Crippen MR) is 98.4 cm³/mol. The Labute approximate surface area is 163 Å². The molecule has 0 saturated heterocycles. The maximum Gasteiger partial charge on any atom is 0.153 e. The van der Waals surface area contributed by atoms with Gasteiger partial charge in [0, 0.05) is 10.8 Å². The monoisotopic (exact) mass is 350 g/mol. The Morgan fingerprint density at radius 3 is 1.32 bits per heavy atom. The Morgan fingerprint density at radius 1 is 0.571 bits per heavy atom. The number of hydrogen-bond acceptors (Lipinski definition) is 4. The SMILES string of the molecule is N#CC(C#N)=c1c#cccc#cc(=C(C#N)C#N)c#cc2ccccc2c#c1. The zero-order chi connectivity index (χ0) is 20.2. The Kier molecular flexibility index (Phi) is 6.65. The molecule has 0 radical (unpaired) electrons. The van der Waals surface area contributed by atoms with Crippen LogP contribution in [0.15, 0.2) is 36.4 Å². The second-order valence-electron chi connectivity index (χ2n) is 4.86. The lowest BCUT2D eigenvalue weighted by Gasteiger charge is -1.84. The molecule has 0 atom stereocenters. The lowest BCUT2D eigenvalue weighted by molar-refractivity contribution is 1.50. The van der Waals surface area contributed by atoms with Crippen molar-refractivity contribution in [2.24, 2.45) is 0 Å². The van der Waals surface area contributed by atoms with Crippen LogP contribution in [0.3, 0.4) is 0 Å². The molecular weight excluding hydrogens is 344 g/mol. The summed E-state index contributed by atoms with van der Waals surface area (Å²) in [7, 11) is 0. The lowest BCUT2D eigenvalue weighted by atomic mass is 10.2. The highest BCUT2D eigenvalue weighted by molar-refractivity contribution is 5.78.